The van der Waals surface area contributed by atoms with Crippen LogP contribution >= 0.6 is 11.8 Å². The maximum Gasteiger partial charge on any atom is 0.316 e. The normalized spacial score (nSPS) is 10.3. The molecule has 0 radical (unpaired) electrons. The number of carbonyl (C=O) groups excluding carboxylic acids is 1. The SMILES string of the molecule is COC(=O)CSc1nnnn1-c1ccccc1C. The highest BCUT2D eigenvalue weighted by molar-refractivity contribution is 7.99. The summed E-state index contributed by atoms with van der Waals surface area (Å²) in [6.45, 7) is 1.98. The Hall–Kier alpha value is -1.89. The van der Waals surface area contributed by atoms with Crippen LogP contribution in [-0.4, -0.2) is 39.0 Å². The number of rotatable bonds is 4. The monoisotopic (exact) mass is 264 g/mol. The Balaban J connectivity index is 2.23. The van der Waals surface area contributed by atoms with Gasteiger partial charge in [-0.1, -0.05) is 30.0 Å². The largest absolute Gasteiger partial charge is 0.468 e. The van der Waals surface area contributed by atoms with Crippen LogP contribution in [0.1, 0.15) is 5.56 Å². The number of benzene rings is 1. The highest BCUT2D eigenvalue weighted by Crippen LogP contribution is 2.20. The summed E-state index contributed by atoms with van der Waals surface area (Å²) in [6, 6.07) is 7.77. The number of aryl methyl sites for hydroxylation is 1. The van der Waals surface area contributed by atoms with Gasteiger partial charge in [0.1, 0.15) is 0 Å². The highest BCUT2D eigenvalue weighted by atomic mass is 32.2. The zero-order valence-corrected chi connectivity index (χ0v) is 10.8. The number of methoxy groups -OCH3 is 1. The van der Waals surface area contributed by atoms with Gasteiger partial charge in [0.15, 0.2) is 0 Å². The smallest absolute Gasteiger partial charge is 0.316 e. The summed E-state index contributed by atoms with van der Waals surface area (Å²) in [5.74, 6) is -0.123. The molecule has 0 N–H and O–H groups in total. The third-order valence-corrected chi connectivity index (χ3v) is 3.22. The third-order valence-electron chi connectivity index (χ3n) is 2.33. The van der Waals surface area contributed by atoms with Gasteiger partial charge < -0.3 is 4.74 Å². The molecule has 2 aromatic rings. The van der Waals surface area contributed by atoms with Crippen molar-refractivity contribution in [1.82, 2.24) is 20.2 Å². The zero-order valence-electron chi connectivity index (χ0n) is 10.0. The van der Waals surface area contributed by atoms with Crippen molar-refractivity contribution in [2.24, 2.45) is 0 Å². The van der Waals surface area contributed by atoms with E-state index < -0.39 is 0 Å². The topological polar surface area (TPSA) is 69.9 Å². The van der Waals surface area contributed by atoms with E-state index >= 15 is 0 Å². The van der Waals surface area contributed by atoms with Gasteiger partial charge in [-0.15, -0.1) is 5.10 Å². The number of hydrogen-bond donors (Lipinski definition) is 0. The summed E-state index contributed by atoms with van der Waals surface area (Å²) in [5, 5.41) is 12.0. The van der Waals surface area contributed by atoms with Gasteiger partial charge in [-0.3, -0.25) is 4.79 Å². The summed E-state index contributed by atoms with van der Waals surface area (Å²) in [5.41, 5.74) is 1.96. The van der Waals surface area contributed by atoms with E-state index in [4.69, 9.17) is 0 Å². The van der Waals surface area contributed by atoms with E-state index in [0.29, 0.717) is 5.16 Å². The van der Waals surface area contributed by atoms with E-state index in [2.05, 4.69) is 20.3 Å². The molecule has 0 saturated carbocycles. The van der Waals surface area contributed by atoms with Crippen LogP contribution in [0.15, 0.2) is 29.4 Å². The van der Waals surface area contributed by atoms with Crippen molar-refractivity contribution in [3.63, 3.8) is 0 Å². The lowest BCUT2D eigenvalue weighted by Gasteiger charge is -2.06. The average molecular weight is 264 g/mol. The van der Waals surface area contributed by atoms with Crippen LogP contribution in [0.3, 0.4) is 0 Å². The molecule has 94 valence electrons. The number of aromatic nitrogens is 4. The second kappa shape index (κ2) is 5.63. The molecular weight excluding hydrogens is 252 g/mol. The van der Waals surface area contributed by atoms with E-state index in [1.807, 2.05) is 31.2 Å². The minimum absolute atomic E-state index is 0.183. The molecule has 0 unspecified atom stereocenters. The van der Waals surface area contributed by atoms with Crippen LogP contribution in [0.2, 0.25) is 0 Å². The van der Waals surface area contributed by atoms with E-state index in [1.54, 1.807) is 4.68 Å². The first kappa shape index (κ1) is 12.6. The van der Waals surface area contributed by atoms with Crippen molar-refractivity contribution < 1.29 is 9.53 Å². The average Bonchev–Trinajstić information content (AvgIpc) is 2.84. The van der Waals surface area contributed by atoms with E-state index in [0.717, 1.165) is 11.3 Å². The molecule has 0 amide bonds. The first-order valence-electron chi connectivity index (χ1n) is 5.26. The Morgan fingerprint density at radius 1 is 1.44 bits per heavy atom. The fraction of sp³-hybridized carbons (Fsp3) is 0.273. The number of tetrazole rings is 1. The minimum Gasteiger partial charge on any atom is -0.468 e. The molecule has 0 atom stereocenters. The van der Waals surface area contributed by atoms with Crippen LogP contribution in [0.4, 0.5) is 0 Å². The van der Waals surface area contributed by atoms with Crippen molar-refractivity contribution in [2.75, 3.05) is 12.9 Å². The maximum atomic E-state index is 11.1. The molecule has 7 heteroatoms. The van der Waals surface area contributed by atoms with Crippen molar-refractivity contribution in [3.8, 4) is 5.69 Å². The lowest BCUT2D eigenvalue weighted by atomic mass is 10.2. The van der Waals surface area contributed by atoms with Gasteiger partial charge in [-0.25, -0.2) is 0 Å². The molecule has 0 aliphatic heterocycles. The van der Waals surface area contributed by atoms with Crippen LogP contribution in [0.5, 0.6) is 0 Å². The Kier molecular flexibility index (Phi) is 3.93. The molecule has 0 aliphatic rings. The van der Waals surface area contributed by atoms with Crippen molar-refractivity contribution in [1.29, 1.82) is 0 Å². The number of hydrogen-bond acceptors (Lipinski definition) is 6. The van der Waals surface area contributed by atoms with E-state index in [-0.39, 0.29) is 11.7 Å². The molecule has 1 heterocycles. The molecule has 0 fully saturated rings. The lowest BCUT2D eigenvalue weighted by Crippen LogP contribution is -2.06. The van der Waals surface area contributed by atoms with Crippen molar-refractivity contribution >= 4 is 17.7 Å². The number of thioether (sulfide) groups is 1. The molecule has 1 aromatic carbocycles. The van der Waals surface area contributed by atoms with Gasteiger partial charge >= 0.3 is 5.97 Å². The van der Waals surface area contributed by atoms with Gasteiger partial charge in [0, 0.05) is 0 Å². The Morgan fingerprint density at radius 2 is 2.22 bits per heavy atom. The van der Waals surface area contributed by atoms with Gasteiger partial charge in [-0.05, 0) is 29.0 Å². The van der Waals surface area contributed by atoms with Crippen LogP contribution in [0, 0.1) is 6.92 Å². The Bertz CT molecular complexity index is 555. The Labute approximate surface area is 108 Å². The molecule has 0 spiro atoms. The number of para-hydroxylation sites is 1. The van der Waals surface area contributed by atoms with Crippen LogP contribution < -0.4 is 0 Å². The second-order valence-corrected chi connectivity index (χ2v) is 4.47. The predicted octanol–water partition coefficient (Wildman–Crippen LogP) is 1.24. The third kappa shape index (κ3) is 2.67. The van der Waals surface area contributed by atoms with Gasteiger partial charge in [-0.2, -0.15) is 4.68 Å². The second-order valence-electron chi connectivity index (χ2n) is 3.52. The van der Waals surface area contributed by atoms with Crippen LogP contribution in [-0.2, 0) is 9.53 Å². The van der Waals surface area contributed by atoms with Gasteiger partial charge in [0.25, 0.3) is 0 Å². The van der Waals surface area contributed by atoms with Crippen molar-refractivity contribution in [3.05, 3.63) is 29.8 Å². The molecule has 1 aromatic heterocycles. The van der Waals surface area contributed by atoms with E-state index in [1.165, 1.54) is 18.9 Å². The fourth-order valence-electron chi connectivity index (χ4n) is 1.40. The predicted molar refractivity (Wildman–Crippen MR) is 66.6 cm³/mol. The van der Waals surface area contributed by atoms with Crippen LogP contribution in [0.25, 0.3) is 5.69 Å². The number of ether oxygens (including phenoxy) is 1. The fourth-order valence-corrected chi connectivity index (χ4v) is 2.12. The van der Waals surface area contributed by atoms with E-state index in [9.17, 15) is 4.79 Å². The molecule has 18 heavy (non-hydrogen) atoms. The molecule has 0 aliphatic carbocycles. The van der Waals surface area contributed by atoms with Crippen molar-refractivity contribution in [2.45, 2.75) is 12.1 Å². The first-order valence-corrected chi connectivity index (χ1v) is 6.25. The summed E-state index contributed by atoms with van der Waals surface area (Å²) in [6.07, 6.45) is 0. The lowest BCUT2D eigenvalue weighted by molar-refractivity contribution is -0.137. The molecule has 6 nitrogen and oxygen atoms in total. The molecule has 2 rings (SSSR count). The summed E-state index contributed by atoms with van der Waals surface area (Å²) in [4.78, 5) is 11.1. The van der Waals surface area contributed by atoms with Gasteiger partial charge in [0.05, 0.1) is 18.6 Å². The van der Waals surface area contributed by atoms with Gasteiger partial charge in [0.2, 0.25) is 5.16 Å². The molecular formula is C11H12N4O2S. The summed E-state index contributed by atoms with van der Waals surface area (Å²) >= 11 is 1.24. The number of nitrogens with zero attached hydrogens (tertiary/aromatic N) is 4. The standard InChI is InChI=1S/C11H12N4O2S/c1-8-5-3-4-6-9(8)15-11(12-13-14-15)18-7-10(16)17-2/h3-6H,7H2,1-2H3. The Morgan fingerprint density at radius 3 is 2.94 bits per heavy atom. The first-order chi connectivity index (χ1) is 8.72. The maximum absolute atomic E-state index is 11.1. The molecule has 0 bridgehead atoms. The number of esters is 1. The zero-order chi connectivity index (χ0) is 13.0. The number of carbonyl (C=O) groups is 1. The molecule has 0 saturated heterocycles. The minimum atomic E-state index is -0.306. The summed E-state index contributed by atoms with van der Waals surface area (Å²) in [7, 11) is 1.35. The highest BCUT2D eigenvalue weighted by Gasteiger charge is 2.12. The summed E-state index contributed by atoms with van der Waals surface area (Å²) < 4.78 is 6.19. The quantitative estimate of drug-likeness (QED) is 0.611.